The molecule has 41 heavy (non-hydrogen) atoms. The van der Waals surface area contributed by atoms with Crippen molar-refractivity contribution in [2.75, 3.05) is 10.6 Å². The fourth-order valence-electron chi connectivity index (χ4n) is 4.13. The molecule has 5 rings (SSSR count). The standard InChI is InChI=1S/C33H28N4O3S/c1-22(31(38)35-27-16-15-24-17-18-34-29(24)21-27)41-28-14-8-13-26(20-28)36-33(40)30(19-23-9-4-2-5-10-23)37-32(39)25-11-6-3-7-12-25/h2-22,34H,1H3,(H,35,38)(H,36,40)(H,37,39)/b30-19-. The molecule has 3 amide bonds. The second kappa shape index (κ2) is 12.8. The van der Waals surface area contributed by atoms with Crippen LogP contribution in [-0.4, -0.2) is 28.0 Å². The van der Waals surface area contributed by atoms with Crippen LogP contribution in [0.5, 0.6) is 0 Å². The van der Waals surface area contributed by atoms with E-state index in [1.165, 1.54) is 11.8 Å². The smallest absolute Gasteiger partial charge is 0.272 e. The van der Waals surface area contributed by atoms with Gasteiger partial charge in [0.1, 0.15) is 5.70 Å². The average molecular weight is 561 g/mol. The van der Waals surface area contributed by atoms with E-state index in [-0.39, 0.29) is 22.8 Å². The van der Waals surface area contributed by atoms with Gasteiger partial charge in [-0.15, -0.1) is 11.8 Å². The molecule has 7 nitrogen and oxygen atoms in total. The van der Waals surface area contributed by atoms with E-state index in [4.69, 9.17) is 0 Å². The highest BCUT2D eigenvalue weighted by Gasteiger charge is 2.17. The zero-order valence-corrected chi connectivity index (χ0v) is 23.1. The Balaban J connectivity index is 1.26. The van der Waals surface area contributed by atoms with Gasteiger partial charge in [-0.1, -0.05) is 60.7 Å². The minimum Gasteiger partial charge on any atom is -0.361 e. The van der Waals surface area contributed by atoms with E-state index < -0.39 is 5.91 Å². The van der Waals surface area contributed by atoms with Crippen molar-refractivity contribution in [1.82, 2.24) is 10.3 Å². The maximum absolute atomic E-state index is 13.3. The van der Waals surface area contributed by atoms with Gasteiger partial charge in [0, 0.05) is 33.5 Å². The van der Waals surface area contributed by atoms with Crippen LogP contribution in [0.3, 0.4) is 0 Å². The Morgan fingerprint density at radius 2 is 1.51 bits per heavy atom. The van der Waals surface area contributed by atoms with Crippen molar-refractivity contribution < 1.29 is 14.4 Å². The fourth-order valence-corrected chi connectivity index (χ4v) is 5.06. The molecule has 4 N–H and O–H groups in total. The van der Waals surface area contributed by atoms with Crippen LogP contribution in [0, 0.1) is 0 Å². The van der Waals surface area contributed by atoms with Crippen molar-refractivity contribution >= 4 is 57.8 Å². The molecule has 0 bridgehead atoms. The lowest BCUT2D eigenvalue weighted by Gasteiger charge is -2.14. The number of thioether (sulfide) groups is 1. The number of carbonyl (C=O) groups excluding carboxylic acids is 3. The summed E-state index contributed by atoms with van der Waals surface area (Å²) in [6.07, 6.45) is 3.49. The Morgan fingerprint density at radius 3 is 2.29 bits per heavy atom. The zero-order chi connectivity index (χ0) is 28.6. The van der Waals surface area contributed by atoms with E-state index in [1.807, 2.05) is 85.9 Å². The number of aromatic amines is 1. The van der Waals surface area contributed by atoms with Crippen LogP contribution in [-0.2, 0) is 9.59 Å². The van der Waals surface area contributed by atoms with Crippen molar-refractivity contribution in [1.29, 1.82) is 0 Å². The highest BCUT2D eigenvalue weighted by atomic mass is 32.2. The number of benzene rings is 4. The molecule has 204 valence electrons. The molecular formula is C33H28N4O3S. The van der Waals surface area contributed by atoms with E-state index in [2.05, 4.69) is 20.9 Å². The minimum absolute atomic E-state index is 0.106. The van der Waals surface area contributed by atoms with Gasteiger partial charge in [0.2, 0.25) is 5.91 Å². The normalized spacial score (nSPS) is 12.0. The van der Waals surface area contributed by atoms with E-state index in [0.717, 1.165) is 21.4 Å². The van der Waals surface area contributed by atoms with Crippen LogP contribution in [0.1, 0.15) is 22.8 Å². The van der Waals surface area contributed by atoms with Gasteiger partial charge in [-0.05, 0) is 72.5 Å². The first-order valence-electron chi connectivity index (χ1n) is 13.0. The summed E-state index contributed by atoms with van der Waals surface area (Å²) in [4.78, 5) is 43.0. The number of aromatic nitrogens is 1. The van der Waals surface area contributed by atoms with Crippen molar-refractivity contribution in [2.45, 2.75) is 17.1 Å². The Morgan fingerprint density at radius 1 is 0.780 bits per heavy atom. The van der Waals surface area contributed by atoms with E-state index >= 15 is 0 Å². The number of carbonyl (C=O) groups is 3. The number of hydrogen-bond donors (Lipinski definition) is 4. The van der Waals surface area contributed by atoms with E-state index in [9.17, 15) is 14.4 Å². The summed E-state index contributed by atoms with van der Waals surface area (Å²) in [6, 6.07) is 33.0. The predicted molar refractivity (Wildman–Crippen MR) is 166 cm³/mol. The summed E-state index contributed by atoms with van der Waals surface area (Å²) in [6.45, 7) is 1.83. The molecule has 4 aromatic carbocycles. The first-order valence-corrected chi connectivity index (χ1v) is 13.9. The van der Waals surface area contributed by atoms with Crippen LogP contribution >= 0.6 is 11.8 Å². The number of hydrogen-bond acceptors (Lipinski definition) is 4. The maximum atomic E-state index is 13.3. The lowest BCUT2D eigenvalue weighted by Crippen LogP contribution is -2.30. The monoisotopic (exact) mass is 560 g/mol. The second-order valence-corrected chi connectivity index (χ2v) is 10.7. The summed E-state index contributed by atoms with van der Waals surface area (Å²) in [5.41, 5.74) is 3.52. The van der Waals surface area contributed by atoms with Gasteiger partial charge in [-0.3, -0.25) is 14.4 Å². The van der Waals surface area contributed by atoms with E-state index in [1.54, 1.807) is 42.5 Å². The lowest BCUT2D eigenvalue weighted by molar-refractivity contribution is -0.115. The first kappa shape index (κ1) is 27.5. The molecule has 1 atom stereocenters. The fraction of sp³-hybridized carbons (Fsp3) is 0.0606. The Bertz CT molecular complexity index is 1710. The third-order valence-electron chi connectivity index (χ3n) is 6.24. The lowest BCUT2D eigenvalue weighted by atomic mass is 10.1. The molecule has 0 aliphatic rings. The summed E-state index contributed by atoms with van der Waals surface area (Å²) < 4.78 is 0. The van der Waals surface area contributed by atoms with Crippen LogP contribution in [0.15, 0.2) is 126 Å². The van der Waals surface area contributed by atoms with Crippen molar-refractivity contribution in [3.05, 3.63) is 132 Å². The molecule has 0 saturated heterocycles. The SMILES string of the molecule is CC(Sc1cccc(NC(=O)/C(=C/c2ccccc2)NC(=O)c2ccccc2)c1)C(=O)Nc1ccc2cc[nH]c2c1. The highest BCUT2D eigenvalue weighted by Crippen LogP contribution is 2.27. The molecule has 0 spiro atoms. The third-order valence-corrected chi connectivity index (χ3v) is 7.33. The van der Waals surface area contributed by atoms with Crippen LogP contribution in [0.25, 0.3) is 17.0 Å². The first-order chi connectivity index (χ1) is 19.9. The number of nitrogens with one attached hydrogen (secondary N) is 4. The quantitative estimate of drug-likeness (QED) is 0.119. The topological polar surface area (TPSA) is 103 Å². The van der Waals surface area contributed by atoms with Crippen molar-refractivity contribution in [3.8, 4) is 0 Å². The molecular weight excluding hydrogens is 532 g/mol. The van der Waals surface area contributed by atoms with Crippen molar-refractivity contribution in [3.63, 3.8) is 0 Å². The summed E-state index contributed by atoms with van der Waals surface area (Å²) >= 11 is 1.38. The van der Waals surface area contributed by atoms with Crippen molar-refractivity contribution in [2.24, 2.45) is 0 Å². The minimum atomic E-state index is -0.467. The molecule has 5 aromatic rings. The van der Waals surface area contributed by atoms with Gasteiger partial charge in [0.25, 0.3) is 11.8 Å². The summed E-state index contributed by atoms with van der Waals surface area (Å²) in [7, 11) is 0. The molecule has 0 fully saturated rings. The third kappa shape index (κ3) is 7.32. The number of anilines is 2. The molecule has 0 saturated carbocycles. The predicted octanol–water partition coefficient (Wildman–Crippen LogP) is 6.70. The Kier molecular flexibility index (Phi) is 8.61. The maximum Gasteiger partial charge on any atom is 0.272 e. The molecule has 1 unspecified atom stereocenters. The van der Waals surface area contributed by atoms with E-state index in [0.29, 0.717) is 16.9 Å². The van der Waals surface area contributed by atoms with Gasteiger partial charge in [0.15, 0.2) is 0 Å². The Labute approximate surface area is 242 Å². The van der Waals surface area contributed by atoms with Gasteiger partial charge in [-0.25, -0.2) is 0 Å². The zero-order valence-electron chi connectivity index (χ0n) is 22.3. The summed E-state index contributed by atoms with van der Waals surface area (Å²) in [5.74, 6) is -0.986. The average Bonchev–Trinajstić information content (AvgIpc) is 3.46. The second-order valence-electron chi connectivity index (χ2n) is 9.30. The van der Waals surface area contributed by atoms with Gasteiger partial charge in [-0.2, -0.15) is 0 Å². The van der Waals surface area contributed by atoms with Gasteiger partial charge >= 0.3 is 0 Å². The summed E-state index contributed by atoms with van der Waals surface area (Å²) in [5, 5.41) is 9.27. The number of H-pyrrole nitrogens is 1. The molecule has 0 radical (unpaired) electrons. The molecule has 1 aromatic heterocycles. The van der Waals surface area contributed by atoms with Crippen LogP contribution in [0.2, 0.25) is 0 Å². The van der Waals surface area contributed by atoms with Gasteiger partial charge in [0.05, 0.1) is 5.25 Å². The highest BCUT2D eigenvalue weighted by molar-refractivity contribution is 8.00. The number of fused-ring (bicyclic) bond motifs is 1. The number of amides is 3. The molecule has 1 heterocycles. The number of rotatable bonds is 9. The van der Waals surface area contributed by atoms with Crippen LogP contribution < -0.4 is 16.0 Å². The molecule has 0 aliphatic carbocycles. The largest absolute Gasteiger partial charge is 0.361 e. The Hall–Kier alpha value is -5.08. The van der Waals surface area contributed by atoms with Crippen LogP contribution in [0.4, 0.5) is 11.4 Å². The molecule has 8 heteroatoms. The van der Waals surface area contributed by atoms with Gasteiger partial charge < -0.3 is 20.9 Å². The molecule has 0 aliphatic heterocycles.